The van der Waals surface area contributed by atoms with Crippen LogP contribution in [0.15, 0.2) is 42.5 Å². The summed E-state index contributed by atoms with van der Waals surface area (Å²) in [4.78, 5) is 12.1. The fraction of sp³-hybridized carbons (Fsp3) is 0.235. The van der Waals surface area contributed by atoms with E-state index in [0.717, 1.165) is 5.56 Å². The van der Waals surface area contributed by atoms with E-state index < -0.39 is 11.9 Å². The van der Waals surface area contributed by atoms with Crippen molar-refractivity contribution in [2.75, 3.05) is 6.79 Å². The Kier molecular flexibility index (Phi) is 4.32. The Bertz CT molecular complexity index is 719. The monoisotopic (exact) mass is 317 g/mol. The van der Waals surface area contributed by atoms with Gasteiger partial charge in [0.05, 0.1) is 0 Å². The lowest BCUT2D eigenvalue weighted by Crippen LogP contribution is -2.36. The van der Waals surface area contributed by atoms with Crippen molar-refractivity contribution in [1.82, 2.24) is 5.32 Å². The summed E-state index contributed by atoms with van der Waals surface area (Å²) >= 11 is 0. The number of ether oxygens (including phenoxy) is 3. The van der Waals surface area contributed by atoms with Crippen molar-refractivity contribution >= 4 is 5.91 Å². The third kappa shape index (κ3) is 3.53. The maximum Gasteiger partial charge on any atom is 0.261 e. The zero-order valence-electron chi connectivity index (χ0n) is 12.5. The minimum atomic E-state index is -0.805. The summed E-state index contributed by atoms with van der Waals surface area (Å²) in [5.41, 5.74) is 0.876. The molecule has 1 unspecified atom stereocenters. The van der Waals surface area contributed by atoms with Crippen LogP contribution in [0.5, 0.6) is 17.2 Å². The Morgan fingerprint density at radius 1 is 1.26 bits per heavy atom. The van der Waals surface area contributed by atoms with Crippen molar-refractivity contribution in [1.29, 1.82) is 0 Å². The Hall–Kier alpha value is -2.76. The Labute approximate surface area is 133 Å². The molecule has 1 aliphatic heterocycles. The van der Waals surface area contributed by atoms with E-state index in [1.54, 1.807) is 25.1 Å². The van der Waals surface area contributed by atoms with Crippen LogP contribution in [0.3, 0.4) is 0 Å². The van der Waals surface area contributed by atoms with Gasteiger partial charge in [0.1, 0.15) is 0 Å². The largest absolute Gasteiger partial charge is 0.478 e. The van der Waals surface area contributed by atoms with E-state index in [0.29, 0.717) is 18.0 Å². The highest BCUT2D eigenvalue weighted by atomic mass is 19.1. The average molecular weight is 317 g/mol. The van der Waals surface area contributed by atoms with E-state index >= 15 is 0 Å². The van der Waals surface area contributed by atoms with Crippen LogP contribution in [0.25, 0.3) is 0 Å². The van der Waals surface area contributed by atoms with Crippen molar-refractivity contribution in [3.05, 3.63) is 53.8 Å². The van der Waals surface area contributed by atoms with Gasteiger partial charge in [-0.1, -0.05) is 18.2 Å². The summed E-state index contributed by atoms with van der Waals surface area (Å²) in [7, 11) is 0. The molecule has 5 nitrogen and oxygen atoms in total. The molecule has 0 aliphatic carbocycles. The molecular formula is C17H16FNO4. The molecule has 0 saturated carbocycles. The molecule has 1 atom stereocenters. The second-order valence-electron chi connectivity index (χ2n) is 5.10. The molecule has 1 aliphatic rings. The van der Waals surface area contributed by atoms with Gasteiger partial charge in [0, 0.05) is 6.54 Å². The van der Waals surface area contributed by atoms with Gasteiger partial charge in [-0.05, 0) is 36.8 Å². The number of benzene rings is 2. The van der Waals surface area contributed by atoms with Gasteiger partial charge >= 0.3 is 0 Å². The maximum absolute atomic E-state index is 13.5. The minimum Gasteiger partial charge on any atom is -0.478 e. The number of hydrogen-bond acceptors (Lipinski definition) is 4. The number of nitrogens with one attached hydrogen (secondary N) is 1. The average Bonchev–Trinajstić information content (AvgIpc) is 3.02. The lowest BCUT2D eigenvalue weighted by molar-refractivity contribution is -0.127. The van der Waals surface area contributed by atoms with Gasteiger partial charge in [-0.15, -0.1) is 0 Å². The lowest BCUT2D eigenvalue weighted by atomic mass is 10.2. The van der Waals surface area contributed by atoms with Crippen LogP contribution in [-0.2, 0) is 11.3 Å². The molecule has 0 spiro atoms. The van der Waals surface area contributed by atoms with Gasteiger partial charge < -0.3 is 19.5 Å². The SMILES string of the molecule is CC(Oc1ccccc1F)C(=O)NCc1ccc2c(c1)OCO2. The molecule has 1 heterocycles. The summed E-state index contributed by atoms with van der Waals surface area (Å²) in [6.07, 6.45) is -0.805. The third-order valence-corrected chi connectivity index (χ3v) is 3.41. The number of amides is 1. The van der Waals surface area contributed by atoms with Gasteiger partial charge in [-0.25, -0.2) is 4.39 Å². The van der Waals surface area contributed by atoms with Gasteiger partial charge in [-0.2, -0.15) is 0 Å². The molecule has 3 rings (SSSR count). The van der Waals surface area contributed by atoms with Crippen LogP contribution < -0.4 is 19.5 Å². The molecule has 0 aromatic heterocycles. The van der Waals surface area contributed by atoms with E-state index in [9.17, 15) is 9.18 Å². The predicted molar refractivity (Wildman–Crippen MR) is 80.9 cm³/mol. The van der Waals surface area contributed by atoms with Crippen molar-refractivity contribution in [3.63, 3.8) is 0 Å². The molecule has 2 aromatic carbocycles. The third-order valence-electron chi connectivity index (χ3n) is 3.41. The number of para-hydroxylation sites is 1. The molecule has 0 fully saturated rings. The highest BCUT2D eigenvalue weighted by molar-refractivity contribution is 5.80. The highest BCUT2D eigenvalue weighted by Gasteiger charge is 2.17. The number of fused-ring (bicyclic) bond motifs is 1. The van der Waals surface area contributed by atoms with E-state index in [1.807, 2.05) is 12.1 Å². The molecule has 0 bridgehead atoms. The molecule has 6 heteroatoms. The van der Waals surface area contributed by atoms with Crippen LogP contribution in [0, 0.1) is 5.82 Å². The van der Waals surface area contributed by atoms with Crippen molar-refractivity contribution in [2.24, 2.45) is 0 Å². The highest BCUT2D eigenvalue weighted by Crippen LogP contribution is 2.32. The number of carbonyl (C=O) groups excluding carboxylic acids is 1. The maximum atomic E-state index is 13.5. The van der Waals surface area contributed by atoms with Gasteiger partial charge in [-0.3, -0.25) is 4.79 Å². The van der Waals surface area contributed by atoms with E-state index in [4.69, 9.17) is 14.2 Å². The molecular weight excluding hydrogens is 301 g/mol. The smallest absolute Gasteiger partial charge is 0.261 e. The standard InChI is InChI=1S/C17H16FNO4/c1-11(23-14-5-3-2-4-13(14)18)17(20)19-9-12-6-7-15-16(8-12)22-10-21-15/h2-8,11H,9-10H2,1H3,(H,19,20). The summed E-state index contributed by atoms with van der Waals surface area (Å²) in [6.45, 7) is 2.10. The first kappa shape index (κ1) is 15.1. The minimum absolute atomic E-state index is 0.0539. The first-order valence-corrected chi connectivity index (χ1v) is 7.21. The van der Waals surface area contributed by atoms with Crippen molar-refractivity contribution < 1.29 is 23.4 Å². The van der Waals surface area contributed by atoms with Crippen LogP contribution >= 0.6 is 0 Å². The molecule has 23 heavy (non-hydrogen) atoms. The molecule has 0 saturated heterocycles. The van der Waals surface area contributed by atoms with Crippen LogP contribution in [-0.4, -0.2) is 18.8 Å². The number of carbonyl (C=O) groups is 1. The fourth-order valence-electron chi connectivity index (χ4n) is 2.17. The Morgan fingerprint density at radius 3 is 2.87 bits per heavy atom. The lowest BCUT2D eigenvalue weighted by Gasteiger charge is -2.15. The molecule has 120 valence electrons. The summed E-state index contributed by atoms with van der Waals surface area (Å²) in [6, 6.07) is 11.4. The number of rotatable bonds is 5. The Balaban J connectivity index is 1.55. The summed E-state index contributed by atoms with van der Waals surface area (Å²) < 4.78 is 29.4. The van der Waals surface area contributed by atoms with Crippen LogP contribution in [0.4, 0.5) is 4.39 Å². The second-order valence-corrected chi connectivity index (χ2v) is 5.10. The topological polar surface area (TPSA) is 56.8 Å². The number of hydrogen-bond donors (Lipinski definition) is 1. The van der Waals surface area contributed by atoms with E-state index in [1.165, 1.54) is 12.1 Å². The first-order chi connectivity index (χ1) is 11.1. The number of halogens is 1. The van der Waals surface area contributed by atoms with E-state index in [2.05, 4.69) is 5.32 Å². The summed E-state index contributed by atoms with van der Waals surface area (Å²) in [5, 5.41) is 2.75. The van der Waals surface area contributed by atoms with Crippen molar-refractivity contribution in [2.45, 2.75) is 19.6 Å². The molecule has 2 aromatic rings. The van der Waals surface area contributed by atoms with Crippen molar-refractivity contribution in [3.8, 4) is 17.2 Å². The molecule has 1 amide bonds. The van der Waals surface area contributed by atoms with E-state index in [-0.39, 0.29) is 18.4 Å². The van der Waals surface area contributed by atoms with Crippen LogP contribution in [0.1, 0.15) is 12.5 Å². The van der Waals surface area contributed by atoms with Gasteiger partial charge in [0.2, 0.25) is 6.79 Å². The van der Waals surface area contributed by atoms with Gasteiger partial charge in [0.15, 0.2) is 29.2 Å². The zero-order chi connectivity index (χ0) is 16.2. The van der Waals surface area contributed by atoms with Crippen LogP contribution in [0.2, 0.25) is 0 Å². The summed E-state index contributed by atoms with van der Waals surface area (Å²) in [5.74, 6) is 0.579. The molecule has 0 radical (unpaired) electrons. The quantitative estimate of drug-likeness (QED) is 0.921. The fourth-order valence-corrected chi connectivity index (χ4v) is 2.17. The molecule has 1 N–H and O–H groups in total. The zero-order valence-corrected chi connectivity index (χ0v) is 12.5. The normalized spacial score (nSPS) is 13.5. The second kappa shape index (κ2) is 6.56. The van der Waals surface area contributed by atoms with Gasteiger partial charge in [0.25, 0.3) is 5.91 Å². The first-order valence-electron chi connectivity index (χ1n) is 7.21. The predicted octanol–water partition coefficient (Wildman–Crippen LogP) is 2.64. The Morgan fingerprint density at radius 2 is 2.04 bits per heavy atom.